The first-order valence-corrected chi connectivity index (χ1v) is 7.48. The van der Waals surface area contributed by atoms with Crippen LogP contribution in [0.4, 0.5) is 0 Å². The number of rotatable bonds is 6. The third-order valence-electron chi connectivity index (χ3n) is 3.02. The van der Waals surface area contributed by atoms with E-state index in [4.69, 9.17) is 16.3 Å². The minimum absolute atomic E-state index is 0.00640. The number of hydrogen-bond acceptors (Lipinski definition) is 3. The summed E-state index contributed by atoms with van der Waals surface area (Å²) in [6, 6.07) is 7.03. The molecule has 0 bridgehead atoms. The van der Waals surface area contributed by atoms with Crippen LogP contribution in [0.1, 0.15) is 20.8 Å². The number of ether oxygens (including phenoxy) is 1. The topological polar surface area (TPSA) is 58.6 Å². The molecule has 0 heterocycles. The summed E-state index contributed by atoms with van der Waals surface area (Å²) >= 11 is 5.79. The molecule has 0 saturated carbocycles. The fourth-order valence-electron chi connectivity index (χ4n) is 1.51. The van der Waals surface area contributed by atoms with Gasteiger partial charge in [0, 0.05) is 17.5 Å². The number of nitrogens with zero attached hydrogens (tertiary/aromatic N) is 1. The number of hydrogen-bond donors (Lipinski definition) is 1. The molecule has 6 heteroatoms. The normalized spacial score (nSPS) is 11.0. The Hall–Kier alpha value is -1.75. The Morgan fingerprint density at radius 3 is 2.36 bits per heavy atom. The van der Waals surface area contributed by atoms with Crippen molar-refractivity contribution in [3.8, 4) is 5.75 Å². The van der Waals surface area contributed by atoms with Gasteiger partial charge in [0.2, 0.25) is 11.8 Å². The molecule has 22 heavy (non-hydrogen) atoms. The van der Waals surface area contributed by atoms with Crippen molar-refractivity contribution in [3.63, 3.8) is 0 Å². The molecule has 0 atom stereocenters. The average molecular weight is 327 g/mol. The summed E-state index contributed by atoms with van der Waals surface area (Å²) in [6.07, 6.45) is 0. The van der Waals surface area contributed by atoms with Gasteiger partial charge >= 0.3 is 0 Å². The molecule has 1 aromatic carbocycles. The van der Waals surface area contributed by atoms with Crippen molar-refractivity contribution in [2.24, 2.45) is 5.41 Å². The van der Waals surface area contributed by atoms with Gasteiger partial charge in [-0.1, -0.05) is 32.4 Å². The first-order valence-electron chi connectivity index (χ1n) is 7.11. The predicted octanol–water partition coefficient (Wildman–Crippen LogP) is 2.34. The van der Waals surface area contributed by atoms with E-state index in [1.54, 1.807) is 52.1 Å². The number of carbonyl (C=O) groups excluding carboxylic acids is 2. The van der Waals surface area contributed by atoms with Crippen LogP contribution in [0.25, 0.3) is 0 Å². The van der Waals surface area contributed by atoms with Gasteiger partial charge in [-0.05, 0) is 24.3 Å². The molecule has 0 radical (unpaired) electrons. The van der Waals surface area contributed by atoms with E-state index in [9.17, 15) is 9.59 Å². The maximum atomic E-state index is 11.9. The molecule has 2 amide bonds. The molecule has 0 aromatic heterocycles. The number of halogens is 1. The van der Waals surface area contributed by atoms with Crippen molar-refractivity contribution in [2.75, 3.05) is 26.7 Å². The van der Waals surface area contributed by atoms with Crippen LogP contribution in [-0.2, 0) is 9.59 Å². The summed E-state index contributed by atoms with van der Waals surface area (Å²) in [5.41, 5.74) is -0.503. The second kappa shape index (κ2) is 8.03. The number of nitrogens with one attached hydrogen (secondary N) is 1. The Morgan fingerprint density at radius 2 is 1.82 bits per heavy atom. The lowest BCUT2D eigenvalue weighted by atomic mass is 9.96. The monoisotopic (exact) mass is 326 g/mol. The van der Waals surface area contributed by atoms with E-state index < -0.39 is 5.41 Å². The molecule has 0 aliphatic carbocycles. The summed E-state index contributed by atoms with van der Waals surface area (Å²) in [4.78, 5) is 25.1. The highest BCUT2D eigenvalue weighted by atomic mass is 35.5. The Morgan fingerprint density at radius 1 is 1.23 bits per heavy atom. The van der Waals surface area contributed by atoms with E-state index in [0.717, 1.165) is 0 Å². The van der Waals surface area contributed by atoms with Gasteiger partial charge in [0.15, 0.2) is 0 Å². The lowest BCUT2D eigenvalue weighted by molar-refractivity contribution is -0.134. The van der Waals surface area contributed by atoms with Crippen LogP contribution < -0.4 is 10.1 Å². The Labute approximate surface area is 136 Å². The first kappa shape index (κ1) is 18.3. The van der Waals surface area contributed by atoms with Crippen molar-refractivity contribution >= 4 is 23.4 Å². The second-order valence-corrected chi connectivity index (χ2v) is 6.49. The smallest absolute Gasteiger partial charge is 0.241 e. The van der Waals surface area contributed by atoms with Gasteiger partial charge in [-0.2, -0.15) is 0 Å². The zero-order valence-corrected chi connectivity index (χ0v) is 14.2. The van der Waals surface area contributed by atoms with Gasteiger partial charge in [-0.25, -0.2) is 0 Å². The maximum absolute atomic E-state index is 11.9. The van der Waals surface area contributed by atoms with Crippen LogP contribution in [0.3, 0.4) is 0 Å². The molecule has 1 aromatic rings. The standard InChI is InChI=1S/C16H23ClN2O3/c1-16(2,3)15(21)18-11-14(20)19(4)9-10-22-13-7-5-12(17)6-8-13/h5-8H,9-11H2,1-4H3,(H,18,21). The highest BCUT2D eigenvalue weighted by Gasteiger charge is 2.21. The molecule has 5 nitrogen and oxygen atoms in total. The zero-order chi connectivity index (χ0) is 16.8. The molecule has 0 saturated heterocycles. The van der Waals surface area contributed by atoms with Gasteiger partial charge in [-0.3, -0.25) is 9.59 Å². The van der Waals surface area contributed by atoms with E-state index in [1.165, 1.54) is 4.90 Å². The number of carbonyl (C=O) groups is 2. The number of likely N-dealkylation sites (N-methyl/N-ethyl adjacent to an activating group) is 1. The van der Waals surface area contributed by atoms with Gasteiger partial charge in [0.1, 0.15) is 12.4 Å². The van der Waals surface area contributed by atoms with E-state index >= 15 is 0 Å². The molecule has 0 aliphatic heterocycles. The Bertz CT molecular complexity index is 509. The number of benzene rings is 1. The molecule has 122 valence electrons. The average Bonchev–Trinajstić information content (AvgIpc) is 2.45. The third-order valence-corrected chi connectivity index (χ3v) is 3.27. The van der Waals surface area contributed by atoms with Gasteiger partial charge in [0.05, 0.1) is 13.1 Å². The predicted molar refractivity (Wildman–Crippen MR) is 87.0 cm³/mol. The first-order chi connectivity index (χ1) is 10.2. The molecule has 0 fully saturated rings. The van der Waals surface area contributed by atoms with E-state index in [-0.39, 0.29) is 18.4 Å². The maximum Gasteiger partial charge on any atom is 0.241 e. The zero-order valence-electron chi connectivity index (χ0n) is 13.5. The van der Waals surface area contributed by atoms with Crippen LogP contribution in [0.5, 0.6) is 5.75 Å². The lowest BCUT2D eigenvalue weighted by Gasteiger charge is -2.20. The van der Waals surface area contributed by atoms with Crippen LogP contribution >= 0.6 is 11.6 Å². The van der Waals surface area contributed by atoms with Crippen LogP contribution in [0.15, 0.2) is 24.3 Å². The summed E-state index contributed by atoms with van der Waals surface area (Å²) in [7, 11) is 1.68. The molecular weight excluding hydrogens is 304 g/mol. The Kier molecular flexibility index (Phi) is 6.68. The highest BCUT2D eigenvalue weighted by Crippen LogP contribution is 2.15. The minimum atomic E-state index is -0.503. The molecular formula is C16H23ClN2O3. The largest absolute Gasteiger partial charge is 0.492 e. The summed E-state index contributed by atoms with van der Waals surface area (Å²) in [6.45, 7) is 6.21. The lowest BCUT2D eigenvalue weighted by Crippen LogP contribution is -2.43. The summed E-state index contributed by atoms with van der Waals surface area (Å²) < 4.78 is 5.52. The van der Waals surface area contributed by atoms with Crippen LogP contribution in [-0.4, -0.2) is 43.5 Å². The summed E-state index contributed by atoms with van der Waals surface area (Å²) in [5.74, 6) is 0.398. The molecule has 1 N–H and O–H groups in total. The van der Waals surface area contributed by atoms with Gasteiger partial charge in [0.25, 0.3) is 0 Å². The van der Waals surface area contributed by atoms with Gasteiger partial charge < -0.3 is 15.0 Å². The van der Waals surface area contributed by atoms with E-state index in [1.807, 2.05) is 0 Å². The van der Waals surface area contributed by atoms with Crippen molar-refractivity contribution in [1.29, 1.82) is 0 Å². The second-order valence-electron chi connectivity index (χ2n) is 6.05. The Balaban J connectivity index is 2.29. The molecule has 0 unspecified atom stereocenters. The number of amides is 2. The molecule has 0 spiro atoms. The molecule has 1 rings (SSSR count). The van der Waals surface area contributed by atoms with Crippen molar-refractivity contribution in [1.82, 2.24) is 10.2 Å². The summed E-state index contributed by atoms with van der Waals surface area (Å²) in [5, 5.41) is 3.28. The quantitative estimate of drug-likeness (QED) is 0.873. The highest BCUT2D eigenvalue weighted by molar-refractivity contribution is 6.30. The van der Waals surface area contributed by atoms with Crippen molar-refractivity contribution in [2.45, 2.75) is 20.8 Å². The van der Waals surface area contributed by atoms with Crippen LogP contribution in [0, 0.1) is 5.41 Å². The molecule has 0 aliphatic rings. The van der Waals surface area contributed by atoms with Crippen molar-refractivity contribution in [3.05, 3.63) is 29.3 Å². The van der Waals surface area contributed by atoms with E-state index in [2.05, 4.69) is 5.32 Å². The SMILES string of the molecule is CN(CCOc1ccc(Cl)cc1)C(=O)CNC(=O)C(C)(C)C. The van der Waals surface area contributed by atoms with E-state index in [0.29, 0.717) is 23.9 Å². The fraction of sp³-hybridized carbons (Fsp3) is 0.500. The third kappa shape index (κ3) is 6.35. The fourth-order valence-corrected chi connectivity index (χ4v) is 1.64. The van der Waals surface area contributed by atoms with Crippen LogP contribution in [0.2, 0.25) is 5.02 Å². The minimum Gasteiger partial charge on any atom is -0.492 e. The van der Waals surface area contributed by atoms with Crippen molar-refractivity contribution < 1.29 is 14.3 Å². The van der Waals surface area contributed by atoms with Gasteiger partial charge in [-0.15, -0.1) is 0 Å².